The van der Waals surface area contributed by atoms with E-state index in [9.17, 15) is 14.9 Å². The molecule has 23 heavy (non-hydrogen) atoms. The Balaban J connectivity index is 2.10. The van der Waals surface area contributed by atoms with Crippen molar-refractivity contribution < 1.29 is 14.5 Å². The van der Waals surface area contributed by atoms with Crippen molar-refractivity contribution in [3.63, 3.8) is 0 Å². The van der Waals surface area contributed by atoms with Gasteiger partial charge in [-0.2, -0.15) is 0 Å². The van der Waals surface area contributed by atoms with Gasteiger partial charge in [0.1, 0.15) is 11.4 Å². The number of halogens is 1. The summed E-state index contributed by atoms with van der Waals surface area (Å²) >= 11 is 5.72. The number of methoxy groups -OCH3 is 1. The number of hydrogen-bond acceptors (Lipinski definition) is 4. The Hall–Kier alpha value is -2.86. The molecule has 0 atom stereocenters. The molecule has 0 radical (unpaired) electrons. The highest BCUT2D eigenvalue weighted by atomic mass is 35.5. The molecule has 2 aromatic rings. The number of nitro benzene ring substituents is 1. The minimum atomic E-state index is -0.602. The van der Waals surface area contributed by atoms with Gasteiger partial charge in [0.25, 0.3) is 5.69 Å². The molecule has 0 bridgehead atoms. The summed E-state index contributed by atoms with van der Waals surface area (Å²) in [7, 11) is 1.57. The maximum atomic E-state index is 11.9. The molecule has 2 aromatic carbocycles. The van der Waals surface area contributed by atoms with E-state index in [1.807, 2.05) is 0 Å². The first kappa shape index (κ1) is 16.5. The molecular weight excluding hydrogens is 320 g/mol. The van der Waals surface area contributed by atoms with Crippen molar-refractivity contribution in [2.45, 2.75) is 0 Å². The van der Waals surface area contributed by atoms with Crippen LogP contribution >= 0.6 is 11.6 Å². The molecule has 7 heteroatoms. The summed E-state index contributed by atoms with van der Waals surface area (Å²) in [6.45, 7) is 0. The number of nitro groups is 1. The van der Waals surface area contributed by atoms with Crippen LogP contribution in [0.2, 0.25) is 5.02 Å². The number of anilines is 1. The molecule has 0 spiro atoms. The normalized spacial score (nSPS) is 10.5. The number of carbonyl (C=O) groups excluding carboxylic acids is 1. The number of ether oxygens (including phenoxy) is 1. The fourth-order valence-corrected chi connectivity index (χ4v) is 1.99. The average Bonchev–Trinajstić information content (AvgIpc) is 2.55. The highest BCUT2D eigenvalue weighted by Gasteiger charge is 2.15. The zero-order chi connectivity index (χ0) is 16.8. The maximum Gasteiger partial charge on any atom is 0.294 e. The standard InChI is InChI=1S/C16H13ClN2O4/c1-23-13-6-2-11(3-7-13)4-9-16(20)18-14-8-5-12(17)10-15(14)19(21)22/h2-10H,1H3,(H,18,20). The zero-order valence-electron chi connectivity index (χ0n) is 12.2. The van der Waals surface area contributed by atoms with Gasteiger partial charge in [0.2, 0.25) is 5.91 Å². The van der Waals surface area contributed by atoms with E-state index in [1.54, 1.807) is 37.5 Å². The molecule has 2 rings (SSSR count). The Morgan fingerprint density at radius 3 is 2.57 bits per heavy atom. The minimum Gasteiger partial charge on any atom is -0.497 e. The van der Waals surface area contributed by atoms with Crippen molar-refractivity contribution in [2.75, 3.05) is 12.4 Å². The smallest absolute Gasteiger partial charge is 0.294 e. The van der Waals surface area contributed by atoms with Crippen LogP contribution in [0.1, 0.15) is 5.56 Å². The van der Waals surface area contributed by atoms with Crippen molar-refractivity contribution >= 4 is 35.0 Å². The van der Waals surface area contributed by atoms with Crippen LogP contribution in [0.15, 0.2) is 48.5 Å². The summed E-state index contributed by atoms with van der Waals surface area (Å²) in [5, 5.41) is 13.6. The molecule has 0 saturated heterocycles. The van der Waals surface area contributed by atoms with E-state index in [4.69, 9.17) is 16.3 Å². The monoisotopic (exact) mass is 332 g/mol. The Kier molecular flexibility index (Phi) is 5.32. The van der Waals surface area contributed by atoms with Gasteiger partial charge in [-0.3, -0.25) is 14.9 Å². The molecule has 1 amide bonds. The second-order valence-corrected chi connectivity index (χ2v) is 4.95. The van der Waals surface area contributed by atoms with Crippen LogP contribution in [-0.2, 0) is 4.79 Å². The Morgan fingerprint density at radius 1 is 1.26 bits per heavy atom. The fourth-order valence-electron chi connectivity index (χ4n) is 1.82. The molecule has 0 saturated carbocycles. The summed E-state index contributed by atoms with van der Waals surface area (Å²) in [4.78, 5) is 22.2. The summed E-state index contributed by atoms with van der Waals surface area (Å²) in [5.41, 5.74) is 0.624. The third kappa shape index (κ3) is 4.55. The van der Waals surface area contributed by atoms with Crippen LogP contribution in [-0.4, -0.2) is 17.9 Å². The Labute approximate surface area is 137 Å². The quantitative estimate of drug-likeness (QED) is 0.511. The highest BCUT2D eigenvalue weighted by molar-refractivity contribution is 6.31. The van der Waals surface area contributed by atoms with Gasteiger partial charge in [-0.1, -0.05) is 23.7 Å². The van der Waals surface area contributed by atoms with E-state index >= 15 is 0 Å². The molecule has 0 aliphatic rings. The minimum absolute atomic E-state index is 0.0868. The summed E-state index contributed by atoms with van der Waals surface area (Å²) in [6.07, 6.45) is 2.89. The summed E-state index contributed by atoms with van der Waals surface area (Å²) < 4.78 is 5.04. The lowest BCUT2D eigenvalue weighted by atomic mass is 10.2. The van der Waals surface area contributed by atoms with Crippen LogP contribution < -0.4 is 10.1 Å². The van der Waals surface area contributed by atoms with Crippen molar-refractivity contribution in [3.05, 3.63) is 69.2 Å². The van der Waals surface area contributed by atoms with E-state index < -0.39 is 10.8 Å². The molecular formula is C16H13ClN2O4. The van der Waals surface area contributed by atoms with E-state index in [0.29, 0.717) is 5.75 Å². The molecule has 118 valence electrons. The predicted molar refractivity (Wildman–Crippen MR) is 88.8 cm³/mol. The number of rotatable bonds is 5. The lowest BCUT2D eigenvalue weighted by molar-refractivity contribution is -0.383. The third-order valence-corrected chi connectivity index (χ3v) is 3.19. The maximum absolute atomic E-state index is 11.9. The van der Waals surface area contributed by atoms with Crippen LogP contribution in [0.25, 0.3) is 6.08 Å². The first-order chi connectivity index (χ1) is 11.0. The first-order valence-corrected chi connectivity index (χ1v) is 6.94. The first-order valence-electron chi connectivity index (χ1n) is 6.56. The van der Waals surface area contributed by atoms with Crippen molar-refractivity contribution in [1.82, 2.24) is 0 Å². The predicted octanol–water partition coefficient (Wildman–Crippen LogP) is 3.91. The molecule has 1 N–H and O–H groups in total. The van der Waals surface area contributed by atoms with Gasteiger partial charge in [0, 0.05) is 17.2 Å². The van der Waals surface area contributed by atoms with Gasteiger partial charge >= 0.3 is 0 Å². The van der Waals surface area contributed by atoms with E-state index in [2.05, 4.69) is 5.32 Å². The van der Waals surface area contributed by atoms with Crippen molar-refractivity contribution in [3.8, 4) is 5.75 Å². The molecule has 0 heterocycles. The number of carbonyl (C=O) groups is 1. The number of nitrogens with one attached hydrogen (secondary N) is 1. The average molecular weight is 333 g/mol. The Morgan fingerprint density at radius 2 is 1.96 bits per heavy atom. The van der Waals surface area contributed by atoms with Crippen LogP contribution in [0, 0.1) is 10.1 Å². The van der Waals surface area contributed by atoms with Crippen LogP contribution in [0.3, 0.4) is 0 Å². The molecule has 0 aliphatic heterocycles. The number of benzene rings is 2. The van der Waals surface area contributed by atoms with Gasteiger partial charge in [-0.15, -0.1) is 0 Å². The SMILES string of the molecule is COc1ccc(C=CC(=O)Nc2ccc(Cl)cc2[N+](=O)[O-])cc1. The van der Waals surface area contributed by atoms with Crippen molar-refractivity contribution in [1.29, 1.82) is 0 Å². The Bertz CT molecular complexity index is 757. The molecule has 6 nitrogen and oxygen atoms in total. The second kappa shape index (κ2) is 7.42. The largest absolute Gasteiger partial charge is 0.497 e. The number of nitrogens with zero attached hydrogens (tertiary/aromatic N) is 1. The van der Waals surface area contributed by atoms with E-state index in [1.165, 1.54) is 24.3 Å². The number of amides is 1. The van der Waals surface area contributed by atoms with Gasteiger partial charge in [0.15, 0.2) is 0 Å². The highest BCUT2D eigenvalue weighted by Crippen LogP contribution is 2.27. The van der Waals surface area contributed by atoms with E-state index in [-0.39, 0.29) is 16.4 Å². The zero-order valence-corrected chi connectivity index (χ0v) is 12.9. The van der Waals surface area contributed by atoms with Gasteiger partial charge in [-0.05, 0) is 35.9 Å². The molecule has 0 aliphatic carbocycles. The van der Waals surface area contributed by atoms with Gasteiger partial charge in [-0.25, -0.2) is 0 Å². The molecule has 0 fully saturated rings. The number of hydrogen-bond donors (Lipinski definition) is 1. The summed E-state index contributed by atoms with van der Waals surface area (Å²) in [5.74, 6) is 0.231. The van der Waals surface area contributed by atoms with Gasteiger partial charge in [0.05, 0.1) is 12.0 Å². The summed E-state index contributed by atoms with van der Waals surface area (Å²) in [6, 6.07) is 11.1. The van der Waals surface area contributed by atoms with Crippen LogP contribution in [0.4, 0.5) is 11.4 Å². The lowest BCUT2D eigenvalue weighted by Crippen LogP contribution is -2.09. The van der Waals surface area contributed by atoms with Crippen LogP contribution in [0.5, 0.6) is 5.75 Å². The van der Waals surface area contributed by atoms with E-state index in [0.717, 1.165) is 5.56 Å². The van der Waals surface area contributed by atoms with Gasteiger partial charge < -0.3 is 10.1 Å². The lowest BCUT2D eigenvalue weighted by Gasteiger charge is -2.04. The molecule has 0 aromatic heterocycles. The fraction of sp³-hybridized carbons (Fsp3) is 0.0625. The third-order valence-electron chi connectivity index (χ3n) is 2.96. The second-order valence-electron chi connectivity index (χ2n) is 4.51. The molecule has 0 unspecified atom stereocenters. The topological polar surface area (TPSA) is 81.5 Å². The van der Waals surface area contributed by atoms with Crippen molar-refractivity contribution in [2.24, 2.45) is 0 Å².